The Kier molecular flexibility index (Phi) is 4.79. The zero-order valence-corrected chi connectivity index (χ0v) is 13.5. The first-order chi connectivity index (χ1) is 10.3. The molecule has 2 heterocycles. The van der Waals surface area contributed by atoms with Gasteiger partial charge in [-0.2, -0.15) is 0 Å². The van der Waals surface area contributed by atoms with E-state index in [2.05, 4.69) is 22.5 Å². The molecule has 0 aliphatic heterocycles. The van der Waals surface area contributed by atoms with Gasteiger partial charge in [0.2, 0.25) is 0 Å². The van der Waals surface area contributed by atoms with Crippen molar-refractivity contribution in [3.63, 3.8) is 0 Å². The maximum absolute atomic E-state index is 6.00. The summed E-state index contributed by atoms with van der Waals surface area (Å²) in [5, 5.41) is 0. The van der Waals surface area contributed by atoms with Gasteiger partial charge in [0.15, 0.2) is 0 Å². The van der Waals surface area contributed by atoms with Crippen LogP contribution in [0.15, 0.2) is 18.5 Å². The molecule has 2 aromatic rings. The molecule has 1 aliphatic rings. The highest BCUT2D eigenvalue weighted by atomic mass is 35.5. The summed E-state index contributed by atoms with van der Waals surface area (Å²) in [5.74, 6) is 2.53. The zero-order chi connectivity index (χ0) is 14.7. The fourth-order valence-electron chi connectivity index (χ4n) is 3.88. The summed E-state index contributed by atoms with van der Waals surface area (Å²) >= 11 is 6.00. The molecule has 0 N–H and O–H groups in total. The molecule has 21 heavy (non-hydrogen) atoms. The van der Waals surface area contributed by atoms with Crippen LogP contribution < -0.4 is 0 Å². The van der Waals surface area contributed by atoms with E-state index in [0.717, 1.165) is 30.1 Å². The fourth-order valence-corrected chi connectivity index (χ4v) is 4.05. The van der Waals surface area contributed by atoms with Crippen LogP contribution in [0.25, 0.3) is 11.0 Å². The smallest absolute Gasteiger partial charge is 0.111 e. The van der Waals surface area contributed by atoms with Crippen LogP contribution in [0.1, 0.15) is 57.3 Å². The highest BCUT2D eigenvalue weighted by Gasteiger charge is 2.26. The first kappa shape index (κ1) is 14.8. The van der Waals surface area contributed by atoms with Crippen LogP contribution in [0.4, 0.5) is 0 Å². The van der Waals surface area contributed by atoms with Crippen molar-refractivity contribution in [1.82, 2.24) is 14.5 Å². The Morgan fingerprint density at radius 2 is 2.14 bits per heavy atom. The van der Waals surface area contributed by atoms with Gasteiger partial charge in [-0.15, -0.1) is 11.6 Å². The van der Waals surface area contributed by atoms with Gasteiger partial charge < -0.3 is 4.57 Å². The molecule has 2 aromatic heterocycles. The van der Waals surface area contributed by atoms with Crippen LogP contribution in [-0.2, 0) is 6.42 Å². The van der Waals surface area contributed by atoms with Crippen LogP contribution in [-0.4, -0.2) is 20.4 Å². The first-order valence-electron chi connectivity index (χ1n) is 8.22. The SMILES string of the molecule is CCC(C1CCCCC1)n1c(CCCl)nc2cnccc21. The molecule has 0 bridgehead atoms. The van der Waals surface area contributed by atoms with Crippen LogP contribution in [0.2, 0.25) is 0 Å². The average molecular weight is 306 g/mol. The lowest BCUT2D eigenvalue weighted by Crippen LogP contribution is -2.23. The summed E-state index contributed by atoms with van der Waals surface area (Å²) in [4.78, 5) is 9.00. The number of imidazole rings is 1. The Morgan fingerprint density at radius 1 is 1.33 bits per heavy atom. The molecular weight excluding hydrogens is 282 g/mol. The Labute approximate surface area is 131 Å². The second kappa shape index (κ2) is 6.78. The summed E-state index contributed by atoms with van der Waals surface area (Å²) in [6.07, 6.45) is 12.6. The van der Waals surface area contributed by atoms with E-state index in [1.165, 1.54) is 37.6 Å². The quantitative estimate of drug-likeness (QED) is 0.747. The highest BCUT2D eigenvalue weighted by molar-refractivity contribution is 6.17. The molecule has 0 spiro atoms. The Hall–Kier alpha value is -1.09. The van der Waals surface area contributed by atoms with Gasteiger partial charge >= 0.3 is 0 Å². The summed E-state index contributed by atoms with van der Waals surface area (Å²) in [6, 6.07) is 2.65. The van der Waals surface area contributed by atoms with Crippen LogP contribution in [0.5, 0.6) is 0 Å². The second-order valence-corrected chi connectivity index (χ2v) is 6.45. The van der Waals surface area contributed by atoms with E-state index in [1.54, 1.807) is 0 Å². The lowest BCUT2D eigenvalue weighted by atomic mass is 9.82. The minimum Gasteiger partial charge on any atom is -0.324 e. The van der Waals surface area contributed by atoms with Gasteiger partial charge in [-0.05, 0) is 31.2 Å². The third-order valence-corrected chi connectivity index (χ3v) is 5.02. The van der Waals surface area contributed by atoms with Crippen molar-refractivity contribution in [2.75, 3.05) is 5.88 Å². The number of fused-ring (bicyclic) bond motifs is 1. The van der Waals surface area contributed by atoms with E-state index in [4.69, 9.17) is 16.6 Å². The lowest BCUT2D eigenvalue weighted by molar-refractivity contribution is 0.243. The molecular formula is C17H24ClN3. The molecule has 1 fully saturated rings. The maximum Gasteiger partial charge on any atom is 0.111 e. The lowest BCUT2D eigenvalue weighted by Gasteiger charge is -2.32. The topological polar surface area (TPSA) is 30.7 Å². The van der Waals surface area contributed by atoms with Gasteiger partial charge in [0.05, 0.1) is 11.7 Å². The first-order valence-corrected chi connectivity index (χ1v) is 8.75. The summed E-state index contributed by atoms with van der Waals surface area (Å²) in [6.45, 7) is 2.30. The molecule has 0 radical (unpaired) electrons. The minimum absolute atomic E-state index is 0.552. The number of rotatable bonds is 5. The van der Waals surface area contributed by atoms with Crippen molar-refractivity contribution in [1.29, 1.82) is 0 Å². The molecule has 1 aliphatic carbocycles. The highest BCUT2D eigenvalue weighted by Crippen LogP contribution is 2.37. The molecule has 3 rings (SSSR count). The molecule has 1 saturated carbocycles. The Bertz CT molecular complexity index is 587. The number of alkyl halides is 1. The molecule has 0 amide bonds. The average Bonchev–Trinajstić information content (AvgIpc) is 2.88. The van der Waals surface area contributed by atoms with Gasteiger partial charge in [-0.1, -0.05) is 26.2 Å². The summed E-state index contributed by atoms with van der Waals surface area (Å²) in [5.41, 5.74) is 2.23. The largest absolute Gasteiger partial charge is 0.324 e. The number of hydrogen-bond donors (Lipinski definition) is 0. The van der Waals surface area contributed by atoms with E-state index >= 15 is 0 Å². The Balaban J connectivity index is 2.04. The number of halogens is 1. The van der Waals surface area contributed by atoms with E-state index in [-0.39, 0.29) is 0 Å². The summed E-state index contributed by atoms with van der Waals surface area (Å²) < 4.78 is 2.47. The van der Waals surface area contributed by atoms with Gasteiger partial charge in [0.1, 0.15) is 11.3 Å². The second-order valence-electron chi connectivity index (χ2n) is 6.08. The predicted octanol–water partition coefficient (Wildman–Crippen LogP) is 4.74. The number of pyridine rings is 1. The number of hydrogen-bond acceptors (Lipinski definition) is 2. The van der Waals surface area contributed by atoms with Crippen LogP contribution in [0.3, 0.4) is 0 Å². The van der Waals surface area contributed by atoms with Crippen molar-refractivity contribution in [2.24, 2.45) is 5.92 Å². The van der Waals surface area contributed by atoms with Gasteiger partial charge in [-0.25, -0.2) is 4.98 Å². The third kappa shape index (κ3) is 2.94. The van der Waals surface area contributed by atoms with Crippen molar-refractivity contribution in [3.8, 4) is 0 Å². The van der Waals surface area contributed by atoms with E-state index in [9.17, 15) is 0 Å². The van der Waals surface area contributed by atoms with Crippen molar-refractivity contribution in [3.05, 3.63) is 24.3 Å². The van der Waals surface area contributed by atoms with Crippen molar-refractivity contribution >= 4 is 22.6 Å². The zero-order valence-electron chi connectivity index (χ0n) is 12.8. The molecule has 1 unspecified atom stereocenters. The number of aromatic nitrogens is 3. The van der Waals surface area contributed by atoms with Gasteiger partial charge in [0.25, 0.3) is 0 Å². The van der Waals surface area contributed by atoms with E-state index in [0.29, 0.717) is 11.9 Å². The third-order valence-electron chi connectivity index (χ3n) is 4.83. The standard InChI is InChI=1S/C17H24ClN3/c1-2-15(13-6-4-3-5-7-13)21-16-9-11-19-12-14(16)20-17(21)8-10-18/h9,11-13,15H,2-8,10H2,1H3. The molecule has 0 aromatic carbocycles. The fraction of sp³-hybridized carbons (Fsp3) is 0.647. The number of nitrogens with zero attached hydrogens (tertiary/aromatic N) is 3. The molecule has 114 valence electrons. The van der Waals surface area contributed by atoms with Crippen molar-refractivity contribution in [2.45, 2.75) is 57.9 Å². The maximum atomic E-state index is 6.00. The molecule has 0 saturated heterocycles. The van der Waals surface area contributed by atoms with Crippen LogP contribution >= 0.6 is 11.6 Å². The van der Waals surface area contributed by atoms with Crippen LogP contribution in [0, 0.1) is 5.92 Å². The minimum atomic E-state index is 0.552. The molecule has 3 nitrogen and oxygen atoms in total. The van der Waals surface area contributed by atoms with Gasteiger partial charge in [0, 0.05) is 24.5 Å². The normalized spacial score (nSPS) is 18.2. The summed E-state index contributed by atoms with van der Waals surface area (Å²) in [7, 11) is 0. The number of aryl methyl sites for hydroxylation is 1. The Morgan fingerprint density at radius 3 is 2.86 bits per heavy atom. The van der Waals surface area contributed by atoms with E-state index < -0.39 is 0 Å². The monoisotopic (exact) mass is 305 g/mol. The predicted molar refractivity (Wildman–Crippen MR) is 87.9 cm³/mol. The van der Waals surface area contributed by atoms with Crippen molar-refractivity contribution < 1.29 is 0 Å². The molecule has 4 heteroatoms. The molecule has 1 atom stereocenters. The van der Waals surface area contributed by atoms with E-state index in [1.807, 2.05) is 12.4 Å². The van der Waals surface area contributed by atoms with Gasteiger partial charge in [-0.3, -0.25) is 4.98 Å².